The molecule has 5 heteroatoms. The van der Waals surface area contributed by atoms with Crippen LogP contribution in [-0.2, 0) is 4.74 Å². The first-order valence-corrected chi connectivity index (χ1v) is 7.23. The van der Waals surface area contributed by atoms with E-state index in [4.69, 9.17) is 9.47 Å². The number of hydrogen-bond donors (Lipinski definition) is 0. The molecular formula is C16H24ClNO3. The normalized spacial score (nSPS) is 22.4. The predicted octanol–water partition coefficient (Wildman–Crippen LogP) is 2.80. The molecule has 1 aliphatic heterocycles. The van der Waals surface area contributed by atoms with E-state index in [1.807, 2.05) is 12.1 Å². The van der Waals surface area contributed by atoms with Gasteiger partial charge in [-0.1, -0.05) is 0 Å². The number of hydrogen-bond acceptors (Lipinski definition) is 4. The van der Waals surface area contributed by atoms with Crippen molar-refractivity contribution in [2.24, 2.45) is 0 Å². The van der Waals surface area contributed by atoms with Crippen LogP contribution in [0.4, 0.5) is 0 Å². The van der Waals surface area contributed by atoms with E-state index in [1.165, 1.54) is 0 Å². The average molecular weight is 314 g/mol. The average Bonchev–Trinajstić information content (AvgIpc) is 2.43. The van der Waals surface area contributed by atoms with Crippen molar-refractivity contribution in [1.82, 2.24) is 4.90 Å². The number of nitrogens with zero attached hydrogens (tertiary/aromatic N) is 1. The summed E-state index contributed by atoms with van der Waals surface area (Å²) < 4.78 is 11.4. The van der Waals surface area contributed by atoms with Crippen LogP contribution in [0, 0.1) is 0 Å². The quantitative estimate of drug-likeness (QED) is 0.598. The van der Waals surface area contributed by atoms with Gasteiger partial charge >= 0.3 is 0 Å². The Morgan fingerprint density at radius 3 is 2.43 bits per heavy atom. The van der Waals surface area contributed by atoms with Gasteiger partial charge in [0.05, 0.1) is 18.8 Å². The minimum Gasteiger partial charge on any atom is -0.494 e. The van der Waals surface area contributed by atoms with Crippen LogP contribution in [0.25, 0.3) is 0 Å². The van der Waals surface area contributed by atoms with Crippen molar-refractivity contribution < 1.29 is 14.3 Å². The van der Waals surface area contributed by atoms with Crippen molar-refractivity contribution >= 4 is 18.7 Å². The van der Waals surface area contributed by atoms with E-state index in [9.17, 15) is 4.79 Å². The van der Waals surface area contributed by atoms with Crippen LogP contribution in [0.3, 0.4) is 0 Å². The number of halogens is 1. The fourth-order valence-electron chi connectivity index (χ4n) is 2.59. The van der Waals surface area contributed by atoms with Gasteiger partial charge in [-0.15, -0.1) is 12.4 Å². The fraction of sp³-hybridized carbons (Fsp3) is 0.562. The van der Waals surface area contributed by atoms with Gasteiger partial charge < -0.3 is 9.47 Å². The molecule has 1 aliphatic rings. The van der Waals surface area contributed by atoms with Gasteiger partial charge in [0.25, 0.3) is 0 Å². The molecule has 1 saturated heterocycles. The SMILES string of the molecule is CC1CN(CCCOc2ccc(C=O)cc2)CC(C)O1.Cl. The zero-order valence-electron chi connectivity index (χ0n) is 12.7. The molecule has 0 aliphatic carbocycles. The van der Waals surface area contributed by atoms with Crippen LogP contribution in [-0.4, -0.2) is 49.6 Å². The van der Waals surface area contributed by atoms with Crippen LogP contribution in [0.5, 0.6) is 5.75 Å². The summed E-state index contributed by atoms with van der Waals surface area (Å²) in [6.07, 6.45) is 2.46. The van der Waals surface area contributed by atoms with Gasteiger partial charge in [-0.05, 0) is 44.5 Å². The molecule has 4 nitrogen and oxygen atoms in total. The molecule has 21 heavy (non-hydrogen) atoms. The van der Waals surface area contributed by atoms with E-state index in [2.05, 4.69) is 18.7 Å². The van der Waals surface area contributed by atoms with Gasteiger partial charge in [0.2, 0.25) is 0 Å². The van der Waals surface area contributed by atoms with E-state index >= 15 is 0 Å². The Kier molecular flexibility index (Phi) is 7.72. The van der Waals surface area contributed by atoms with E-state index in [1.54, 1.807) is 12.1 Å². The van der Waals surface area contributed by atoms with Gasteiger partial charge in [-0.3, -0.25) is 9.69 Å². The Hall–Kier alpha value is -1.10. The van der Waals surface area contributed by atoms with E-state index in [0.717, 1.165) is 38.1 Å². The molecule has 2 rings (SSSR count). The summed E-state index contributed by atoms with van der Waals surface area (Å²) in [4.78, 5) is 13.0. The number of carbonyl (C=O) groups is 1. The highest BCUT2D eigenvalue weighted by atomic mass is 35.5. The first-order chi connectivity index (χ1) is 9.67. The monoisotopic (exact) mass is 313 g/mol. The summed E-state index contributed by atoms with van der Waals surface area (Å²) in [5, 5.41) is 0. The molecule has 0 radical (unpaired) electrons. The summed E-state index contributed by atoms with van der Waals surface area (Å²) in [7, 11) is 0. The molecule has 2 unspecified atom stereocenters. The van der Waals surface area contributed by atoms with Crippen molar-refractivity contribution in [3.63, 3.8) is 0 Å². The summed E-state index contributed by atoms with van der Waals surface area (Å²) in [5.74, 6) is 0.819. The third-order valence-electron chi connectivity index (χ3n) is 3.40. The highest BCUT2D eigenvalue weighted by molar-refractivity contribution is 5.85. The van der Waals surface area contributed by atoms with Crippen LogP contribution < -0.4 is 4.74 Å². The molecule has 0 saturated carbocycles. The molecule has 1 aromatic rings. The first-order valence-electron chi connectivity index (χ1n) is 7.23. The third kappa shape index (κ3) is 6.04. The number of aldehydes is 1. The van der Waals surface area contributed by atoms with Gasteiger partial charge in [-0.25, -0.2) is 0 Å². The lowest BCUT2D eigenvalue weighted by Gasteiger charge is -2.35. The van der Waals surface area contributed by atoms with Crippen molar-refractivity contribution in [3.8, 4) is 5.75 Å². The molecule has 2 atom stereocenters. The van der Waals surface area contributed by atoms with Crippen LogP contribution in [0.15, 0.2) is 24.3 Å². The first kappa shape index (κ1) is 18.0. The number of carbonyl (C=O) groups excluding carboxylic acids is 1. The zero-order valence-corrected chi connectivity index (χ0v) is 13.5. The molecule has 1 heterocycles. The van der Waals surface area contributed by atoms with Crippen molar-refractivity contribution in [2.75, 3.05) is 26.2 Å². The maximum absolute atomic E-state index is 10.5. The Labute approximate surface area is 132 Å². The lowest BCUT2D eigenvalue weighted by atomic mass is 10.2. The second-order valence-electron chi connectivity index (χ2n) is 5.41. The highest BCUT2D eigenvalue weighted by Crippen LogP contribution is 2.13. The number of benzene rings is 1. The summed E-state index contributed by atoms with van der Waals surface area (Å²) in [6.45, 7) is 7.96. The van der Waals surface area contributed by atoms with Crippen LogP contribution in [0.2, 0.25) is 0 Å². The molecule has 0 N–H and O–H groups in total. The smallest absolute Gasteiger partial charge is 0.150 e. The number of morpholine rings is 1. The maximum atomic E-state index is 10.5. The summed E-state index contributed by atoms with van der Waals surface area (Å²) in [6, 6.07) is 7.21. The largest absolute Gasteiger partial charge is 0.494 e. The minimum atomic E-state index is 0. The lowest BCUT2D eigenvalue weighted by Crippen LogP contribution is -2.45. The van der Waals surface area contributed by atoms with Gasteiger partial charge in [-0.2, -0.15) is 0 Å². The minimum absolute atomic E-state index is 0. The molecule has 1 fully saturated rings. The molecule has 118 valence electrons. The Balaban J connectivity index is 0.00000220. The summed E-state index contributed by atoms with van der Waals surface area (Å²) >= 11 is 0. The number of rotatable bonds is 6. The highest BCUT2D eigenvalue weighted by Gasteiger charge is 2.21. The molecular weight excluding hydrogens is 290 g/mol. The Bertz CT molecular complexity index is 414. The third-order valence-corrected chi connectivity index (χ3v) is 3.40. The van der Waals surface area contributed by atoms with Crippen molar-refractivity contribution in [2.45, 2.75) is 32.5 Å². The van der Waals surface area contributed by atoms with Gasteiger partial charge in [0.15, 0.2) is 0 Å². The molecule has 0 aromatic heterocycles. The summed E-state index contributed by atoms with van der Waals surface area (Å²) in [5.41, 5.74) is 0.675. The molecule has 0 spiro atoms. The molecule has 0 amide bonds. The second kappa shape index (κ2) is 9.03. The van der Waals surface area contributed by atoms with Crippen molar-refractivity contribution in [1.29, 1.82) is 0 Å². The topological polar surface area (TPSA) is 38.8 Å². The Morgan fingerprint density at radius 1 is 1.24 bits per heavy atom. The van der Waals surface area contributed by atoms with E-state index < -0.39 is 0 Å². The van der Waals surface area contributed by atoms with Gasteiger partial charge in [0.1, 0.15) is 12.0 Å². The second-order valence-corrected chi connectivity index (χ2v) is 5.41. The van der Waals surface area contributed by atoms with Crippen LogP contribution in [0.1, 0.15) is 30.6 Å². The molecule has 0 bridgehead atoms. The van der Waals surface area contributed by atoms with Crippen molar-refractivity contribution in [3.05, 3.63) is 29.8 Å². The Morgan fingerprint density at radius 2 is 1.86 bits per heavy atom. The predicted molar refractivity (Wildman–Crippen MR) is 85.6 cm³/mol. The zero-order chi connectivity index (χ0) is 14.4. The maximum Gasteiger partial charge on any atom is 0.150 e. The van der Waals surface area contributed by atoms with E-state index in [0.29, 0.717) is 24.4 Å². The molecule has 1 aromatic carbocycles. The lowest BCUT2D eigenvalue weighted by molar-refractivity contribution is -0.0686. The van der Waals surface area contributed by atoms with Crippen LogP contribution >= 0.6 is 12.4 Å². The fourth-order valence-corrected chi connectivity index (χ4v) is 2.59. The standard InChI is InChI=1S/C16H23NO3.ClH/c1-13-10-17(11-14(2)20-13)8-3-9-19-16-6-4-15(12-18)5-7-16;/h4-7,12-14H,3,8-11H2,1-2H3;1H. The van der Waals surface area contributed by atoms with E-state index in [-0.39, 0.29) is 12.4 Å². The number of ether oxygens (including phenoxy) is 2. The van der Waals surface area contributed by atoms with Gasteiger partial charge in [0, 0.05) is 25.2 Å².